The number of amides is 1. The Morgan fingerprint density at radius 3 is 2.80 bits per heavy atom. The topological polar surface area (TPSA) is 70.6 Å². The fourth-order valence-electron chi connectivity index (χ4n) is 3.40. The number of aromatic nitrogens is 2. The van der Waals surface area contributed by atoms with Crippen LogP contribution in [0, 0.1) is 5.92 Å². The molecule has 2 aliphatic rings. The van der Waals surface area contributed by atoms with E-state index in [9.17, 15) is 4.79 Å². The van der Waals surface area contributed by atoms with Crippen molar-refractivity contribution < 1.29 is 9.53 Å². The van der Waals surface area contributed by atoms with Crippen LogP contribution >= 0.6 is 11.6 Å². The van der Waals surface area contributed by atoms with Crippen molar-refractivity contribution in [1.82, 2.24) is 15.3 Å². The molecule has 8 heteroatoms. The normalized spacial score (nSPS) is 16.4. The van der Waals surface area contributed by atoms with E-state index in [1.54, 1.807) is 6.07 Å². The molecule has 0 bridgehead atoms. The lowest BCUT2D eigenvalue weighted by Crippen LogP contribution is -2.37. The van der Waals surface area contributed by atoms with Gasteiger partial charge in [0.2, 0.25) is 5.95 Å². The maximum atomic E-state index is 12.7. The lowest BCUT2D eigenvalue weighted by molar-refractivity contribution is 0.0946. The van der Waals surface area contributed by atoms with Crippen molar-refractivity contribution in [3.05, 3.63) is 46.6 Å². The lowest BCUT2D eigenvalue weighted by Gasteiger charge is -2.29. The van der Waals surface area contributed by atoms with Gasteiger partial charge in [-0.15, -0.1) is 0 Å². The number of hydrogen-bond acceptors (Lipinski definition) is 6. The van der Waals surface area contributed by atoms with Gasteiger partial charge in [0.05, 0.1) is 13.2 Å². The molecule has 7 nitrogen and oxygen atoms in total. The molecule has 0 radical (unpaired) electrons. The number of anilines is 2. The molecule has 1 amide bonds. The summed E-state index contributed by atoms with van der Waals surface area (Å²) in [6.07, 6.45) is 3.20. The third-order valence-corrected chi connectivity index (χ3v) is 5.72. The molecule has 1 saturated heterocycles. The number of ether oxygens (including phenoxy) is 1. The van der Waals surface area contributed by atoms with Gasteiger partial charge in [0.1, 0.15) is 11.5 Å². The fraction of sp³-hybridized carbons (Fsp3) is 0.500. The number of benzene rings is 1. The molecule has 1 N–H and O–H groups in total. The molecule has 1 aliphatic heterocycles. The van der Waals surface area contributed by atoms with Gasteiger partial charge in [0.25, 0.3) is 5.91 Å². The number of rotatable bonds is 8. The zero-order valence-corrected chi connectivity index (χ0v) is 18.1. The average molecular weight is 430 g/mol. The van der Waals surface area contributed by atoms with Gasteiger partial charge in [-0.05, 0) is 42.9 Å². The molecule has 2 aromatic rings. The second kappa shape index (κ2) is 9.62. The van der Waals surface area contributed by atoms with Gasteiger partial charge in [-0.3, -0.25) is 4.79 Å². The predicted molar refractivity (Wildman–Crippen MR) is 119 cm³/mol. The summed E-state index contributed by atoms with van der Waals surface area (Å²) in [5.74, 6) is 1.81. The monoisotopic (exact) mass is 429 g/mol. The maximum absolute atomic E-state index is 12.7. The minimum absolute atomic E-state index is 0.136. The second-order valence-corrected chi connectivity index (χ2v) is 8.40. The predicted octanol–water partition coefficient (Wildman–Crippen LogP) is 2.79. The summed E-state index contributed by atoms with van der Waals surface area (Å²) in [5, 5.41) is 3.75. The summed E-state index contributed by atoms with van der Waals surface area (Å²) in [7, 11) is 1.95. The third-order valence-electron chi connectivity index (χ3n) is 5.48. The van der Waals surface area contributed by atoms with E-state index < -0.39 is 0 Å². The Bertz CT molecular complexity index is 884. The van der Waals surface area contributed by atoms with Gasteiger partial charge < -0.3 is 19.9 Å². The molecule has 30 heavy (non-hydrogen) atoms. The van der Waals surface area contributed by atoms with Crippen molar-refractivity contribution in [3.63, 3.8) is 0 Å². The first-order valence-corrected chi connectivity index (χ1v) is 10.9. The standard InChI is InChI=1S/C22H28ClN5O2/c1-27(8-7-16-3-2-4-18(23)13-16)22-25-19(21(29)24-15-17-5-6-17)14-20(26-22)28-9-11-30-12-10-28/h2-4,13-14,17H,5-12,15H2,1H3,(H,24,29). The molecule has 1 aromatic carbocycles. The molecule has 4 rings (SSSR count). The second-order valence-electron chi connectivity index (χ2n) is 7.97. The van der Waals surface area contributed by atoms with E-state index in [4.69, 9.17) is 21.3 Å². The minimum atomic E-state index is -0.136. The Labute approximate surface area is 182 Å². The van der Waals surface area contributed by atoms with Crippen molar-refractivity contribution in [2.75, 3.05) is 56.2 Å². The van der Waals surface area contributed by atoms with Crippen LogP contribution in [0.4, 0.5) is 11.8 Å². The SMILES string of the molecule is CN(CCc1cccc(Cl)c1)c1nc(C(=O)NCC2CC2)cc(N2CCOCC2)n1. The highest BCUT2D eigenvalue weighted by molar-refractivity contribution is 6.30. The Morgan fingerprint density at radius 2 is 2.07 bits per heavy atom. The maximum Gasteiger partial charge on any atom is 0.270 e. The van der Waals surface area contributed by atoms with E-state index >= 15 is 0 Å². The number of nitrogens with zero attached hydrogens (tertiary/aromatic N) is 4. The summed E-state index contributed by atoms with van der Waals surface area (Å²) in [6, 6.07) is 9.65. The minimum Gasteiger partial charge on any atom is -0.378 e. The van der Waals surface area contributed by atoms with Crippen LogP contribution in [0.25, 0.3) is 0 Å². The van der Waals surface area contributed by atoms with Crippen LogP contribution < -0.4 is 15.1 Å². The van der Waals surface area contributed by atoms with E-state index in [0.29, 0.717) is 30.8 Å². The number of nitrogens with one attached hydrogen (secondary N) is 1. The smallest absolute Gasteiger partial charge is 0.270 e. The number of likely N-dealkylation sites (N-methyl/N-ethyl adjacent to an activating group) is 1. The summed E-state index contributed by atoms with van der Waals surface area (Å²) in [4.78, 5) is 26.2. The first kappa shape index (κ1) is 20.9. The summed E-state index contributed by atoms with van der Waals surface area (Å²) in [5.41, 5.74) is 1.57. The van der Waals surface area contributed by atoms with E-state index in [0.717, 1.165) is 49.0 Å². The number of carbonyl (C=O) groups is 1. The number of halogens is 1. The van der Waals surface area contributed by atoms with Crippen LogP contribution in [-0.2, 0) is 11.2 Å². The van der Waals surface area contributed by atoms with Gasteiger partial charge in [0.15, 0.2) is 0 Å². The van der Waals surface area contributed by atoms with Crippen molar-refractivity contribution in [1.29, 1.82) is 0 Å². The van der Waals surface area contributed by atoms with Crippen LogP contribution in [0.2, 0.25) is 5.02 Å². The Kier molecular flexibility index (Phi) is 6.69. The first-order chi connectivity index (χ1) is 14.6. The zero-order valence-electron chi connectivity index (χ0n) is 17.3. The third kappa shape index (κ3) is 5.61. The first-order valence-electron chi connectivity index (χ1n) is 10.5. The molecule has 2 heterocycles. The van der Waals surface area contributed by atoms with Crippen molar-refractivity contribution >= 4 is 29.3 Å². The van der Waals surface area contributed by atoms with Crippen LogP contribution in [0.1, 0.15) is 28.9 Å². The molecule has 1 aromatic heterocycles. The molecule has 1 aliphatic carbocycles. The van der Waals surface area contributed by atoms with Gasteiger partial charge in [-0.2, -0.15) is 4.98 Å². The summed E-state index contributed by atoms with van der Waals surface area (Å²) >= 11 is 6.10. The van der Waals surface area contributed by atoms with Crippen LogP contribution in [0.3, 0.4) is 0 Å². The van der Waals surface area contributed by atoms with Gasteiger partial charge in [-0.25, -0.2) is 4.98 Å². The van der Waals surface area contributed by atoms with Crippen molar-refractivity contribution in [2.24, 2.45) is 5.92 Å². The molecule has 1 saturated carbocycles. The molecule has 0 spiro atoms. The van der Waals surface area contributed by atoms with Gasteiger partial charge >= 0.3 is 0 Å². The highest BCUT2D eigenvalue weighted by Gasteiger charge is 2.23. The van der Waals surface area contributed by atoms with Crippen LogP contribution in [0.5, 0.6) is 0 Å². The van der Waals surface area contributed by atoms with E-state index in [1.165, 1.54) is 12.8 Å². The Morgan fingerprint density at radius 1 is 1.27 bits per heavy atom. The Balaban J connectivity index is 1.51. The van der Waals surface area contributed by atoms with Gasteiger partial charge in [-0.1, -0.05) is 23.7 Å². The quantitative estimate of drug-likeness (QED) is 0.695. The molecule has 0 unspecified atom stereocenters. The largest absolute Gasteiger partial charge is 0.378 e. The molecular formula is C22H28ClN5O2. The molecular weight excluding hydrogens is 402 g/mol. The highest BCUT2D eigenvalue weighted by Crippen LogP contribution is 2.27. The Hall–Kier alpha value is -2.38. The van der Waals surface area contributed by atoms with Gasteiger partial charge in [0, 0.05) is 44.3 Å². The number of morpholine rings is 1. The summed E-state index contributed by atoms with van der Waals surface area (Å²) in [6.45, 7) is 4.27. The summed E-state index contributed by atoms with van der Waals surface area (Å²) < 4.78 is 5.46. The highest BCUT2D eigenvalue weighted by atomic mass is 35.5. The average Bonchev–Trinajstić information content (AvgIpc) is 3.61. The number of carbonyl (C=O) groups excluding carboxylic acids is 1. The molecule has 2 fully saturated rings. The molecule has 160 valence electrons. The number of hydrogen-bond donors (Lipinski definition) is 1. The van der Waals surface area contributed by atoms with Crippen molar-refractivity contribution in [3.8, 4) is 0 Å². The van der Waals surface area contributed by atoms with E-state index in [-0.39, 0.29) is 5.91 Å². The fourth-order valence-corrected chi connectivity index (χ4v) is 3.62. The van der Waals surface area contributed by atoms with Crippen molar-refractivity contribution in [2.45, 2.75) is 19.3 Å². The van der Waals surface area contributed by atoms with Crippen LogP contribution in [0.15, 0.2) is 30.3 Å². The van der Waals surface area contributed by atoms with E-state index in [2.05, 4.69) is 21.3 Å². The lowest BCUT2D eigenvalue weighted by atomic mass is 10.1. The molecule has 0 atom stereocenters. The van der Waals surface area contributed by atoms with Crippen LogP contribution in [-0.4, -0.2) is 62.3 Å². The van der Waals surface area contributed by atoms with E-state index in [1.807, 2.05) is 30.1 Å². The zero-order chi connectivity index (χ0) is 20.9.